The van der Waals surface area contributed by atoms with Crippen LogP contribution in [-0.4, -0.2) is 11.8 Å². The third kappa shape index (κ3) is 1.06. The number of carbonyl (C=O) groups excluding carboxylic acids is 2. The van der Waals surface area contributed by atoms with E-state index < -0.39 is 11.8 Å². The van der Waals surface area contributed by atoms with E-state index in [1.54, 1.807) is 13.0 Å². The lowest BCUT2D eigenvalue weighted by Crippen LogP contribution is -2.19. The molecule has 0 saturated carbocycles. The minimum absolute atomic E-state index is 0.317. The molecule has 0 aliphatic carbocycles. The minimum atomic E-state index is -0.635. The molecule has 0 spiro atoms. The predicted molar refractivity (Wildman–Crippen MR) is 33.6 cm³/mol. The first-order valence-corrected chi connectivity index (χ1v) is 2.77. The van der Waals surface area contributed by atoms with E-state index in [9.17, 15) is 9.59 Å². The topological polar surface area (TPSA) is 58.2 Å². The molecule has 1 saturated heterocycles. The van der Waals surface area contributed by atoms with Crippen molar-refractivity contribution in [1.29, 1.82) is 0 Å². The molecular weight excluding hydrogens is 132 g/mol. The highest BCUT2D eigenvalue weighted by Crippen LogP contribution is 1.89. The molecule has 2 amide bonds. The fraction of sp³-hybridized carbons (Fsp3) is 0.167. The Morgan fingerprint density at radius 2 is 1.80 bits per heavy atom. The van der Waals surface area contributed by atoms with Crippen LogP contribution in [0.3, 0.4) is 0 Å². The zero-order chi connectivity index (χ0) is 7.56. The normalized spacial score (nSPS) is 15.9. The van der Waals surface area contributed by atoms with Crippen LogP contribution in [0.2, 0.25) is 0 Å². The van der Waals surface area contributed by atoms with Crippen LogP contribution < -0.4 is 10.6 Å². The number of carbonyl (C=O) groups is 2. The summed E-state index contributed by atoms with van der Waals surface area (Å²) in [5, 5.41) is 4.56. The largest absolute Gasteiger partial charge is 0.315 e. The predicted octanol–water partition coefficient (Wildman–Crippen LogP) is -0.751. The summed E-state index contributed by atoms with van der Waals surface area (Å²) in [5.74, 6) is -0.953. The van der Waals surface area contributed by atoms with Crippen LogP contribution in [0, 0.1) is 0 Å². The first-order valence-electron chi connectivity index (χ1n) is 2.77. The molecule has 1 rings (SSSR count). The van der Waals surface area contributed by atoms with Crippen molar-refractivity contribution in [1.82, 2.24) is 10.6 Å². The summed E-state index contributed by atoms with van der Waals surface area (Å²) >= 11 is 0. The molecule has 0 bridgehead atoms. The molecule has 0 aromatic carbocycles. The Kier molecular flexibility index (Phi) is 1.56. The first-order chi connectivity index (χ1) is 4.74. The molecule has 1 fully saturated rings. The van der Waals surface area contributed by atoms with Crippen molar-refractivity contribution in [3.8, 4) is 0 Å². The van der Waals surface area contributed by atoms with E-state index in [0.29, 0.717) is 5.82 Å². The molecule has 10 heavy (non-hydrogen) atoms. The highest BCUT2D eigenvalue weighted by molar-refractivity contribution is 6.38. The van der Waals surface area contributed by atoms with Gasteiger partial charge >= 0.3 is 11.8 Å². The molecule has 0 unspecified atom stereocenters. The fourth-order valence-corrected chi connectivity index (χ4v) is 0.588. The summed E-state index contributed by atoms with van der Waals surface area (Å²) < 4.78 is 0. The van der Waals surface area contributed by atoms with Gasteiger partial charge < -0.3 is 0 Å². The number of rotatable bonds is 0. The lowest BCUT2D eigenvalue weighted by atomic mass is 10.6. The zero-order valence-electron chi connectivity index (χ0n) is 5.39. The summed E-state index contributed by atoms with van der Waals surface area (Å²) in [4.78, 5) is 20.9. The Bertz CT molecular complexity index is 230. The van der Waals surface area contributed by atoms with Crippen LogP contribution in [0.1, 0.15) is 6.92 Å². The van der Waals surface area contributed by atoms with Gasteiger partial charge in [-0.3, -0.25) is 20.2 Å². The number of nitrogens with one attached hydrogen (secondary N) is 2. The van der Waals surface area contributed by atoms with Crippen molar-refractivity contribution in [2.24, 2.45) is 0 Å². The Labute approximate surface area is 57.6 Å². The van der Waals surface area contributed by atoms with Crippen LogP contribution in [0.4, 0.5) is 0 Å². The smallest absolute Gasteiger partial charge is 0.297 e. The van der Waals surface area contributed by atoms with Gasteiger partial charge in [-0.25, -0.2) is 0 Å². The summed E-state index contributed by atoms with van der Waals surface area (Å²) in [6, 6.07) is 0. The molecule has 4 heteroatoms. The number of amides is 2. The fourth-order valence-electron chi connectivity index (χ4n) is 0.588. The van der Waals surface area contributed by atoms with Crippen LogP contribution >= 0.6 is 0 Å². The molecular formula is C6H6N2O2. The third-order valence-corrected chi connectivity index (χ3v) is 0.972. The van der Waals surface area contributed by atoms with E-state index in [-0.39, 0.29) is 0 Å². The molecule has 1 aliphatic rings. The first kappa shape index (κ1) is 6.58. The quantitative estimate of drug-likeness (QED) is 0.342. The maximum absolute atomic E-state index is 10.5. The summed E-state index contributed by atoms with van der Waals surface area (Å²) in [6.07, 6.45) is 1.60. The van der Waals surface area contributed by atoms with Crippen molar-refractivity contribution in [2.75, 3.05) is 0 Å². The molecule has 1 heterocycles. The van der Waals surface area contributed by atoms with E-state index in [2.05, 4.69) is 16.4 Å². The van der Waals surface area contributed by atoms with Gasteiger partial charge in [0.2, 0.25) is 0 Å². The van der Waals surface area contributed by atoms with Crippen LogP contribution in [0.25, 0.3) is 0 Å². The Morgan fingerprint density at radius 3 is 2.20 bits per heavy atom. The van der Waals surface area contributed by atoms with E-state index in [1.165, 1.54) is 0 Å². The summed E-state index contributed by atoms with van der Waals surface area (Å²) in [6.45, 7) is 1.74. The molecule has 2 N–H and O–H groups in total. The second kappa shape index (κ2) is 2.37. The number of allylic oxidation sites excluding steroid dienone is 1. The van der Waals surface area contributed by atoms with Crippen molar-refractivity contribution in [3.05, 3.63) is 17.6 Å². The van der Waals surface area contributed by atoms with Gasteiger partial charge in [0.1, 0.15) is 0 Å². The maximum Gasteiger partial charge on any atom is 0.315 e. The van der Waals surface area contributed by atoms with Crippen LogP contribution in [0.15, 0.2) is 17.6 Å². The molecule has 0 atom stereocenters. The van der Waals surface area contributed by atoms with Crippen molar-refractivity contribution in [3.63, 3.8) is 0 Å². The molecule has 0 aromatic heterocycles. The average molecular weight is 138 g/mol. The SMILES string of the molecule is CC=C=C1NC(=O)C(=O)N1. The highest BCUT2D eigenvalue weighted by atomic mass is 16.2. The van der Waals surface area contributed by atoms with Crippen molar-refractivity contribution in [2.45, 2.75) is 6.92 Å². The van der Waals surface area contributed by atoms with E-state index >= 15 is 0 Å². The minimum Gasteiger partial charge on any atom is -0.297 e. The Morgan fingerprint density at radius 1 is 1.30 bits per heavy atom. The lowest BCUT2D eigenvalue weighted by Gasteiger charge is -1.86. The van der Waals surface area contributed by atoms with Gasteiger partial charge in [0.15, 0.2) is 5.82 Å². The summed E-state index contributed by atoms with van der Waals surface area (Å²) in [5.41, 5.74) is 2.63. The average Bonchev–Trinajstić information content (AvgIpc) is 2.14. The van der Waals surface area contributed by atoms with Crippen molar-refractivity contribution >= 4 is 11.8 Å². The van der Waals surface area contributed by atoms with Gasteiger partial charge in [0.25, 0.3) is 0 Å². The van der Waals surface area contributed by atoms with Gasteiger partial charge in [0.05, 0.1) is 0 Å². The standard InChI is InChI=1S/C6H6N2O2/c1-2-3-4-7-5(9)6(10)8-4/h2H,1H3,(H,7,9)(H,8,10). The van der Waals surface area contributed by atoms with Gasteiger partial charge in [-0.05, 0) is 13.0 Å². The van der Waals surface area contributed by atoms with Gasteiger partial charge in [-0.2, -0.15) is 0 Å². The molecule has 1 aliphatic heterocycles. The number of hydrogen-bond donors (Lipinski definition) is 2. The van der Waals surface area contributed by atoms with Crippen molar-refractivity contribution < 1.29 is 9.59 Å². The zero-order valence-corrected chi connectivity index (χ0v) is 5.39. The number of hydrogen-bond acceptors (Lipinski definition) is 2. The second-order valence-electron chi connectivity index (χ2n) is 1.72. The Hall–Kier alpha value is -1.54. The summed E-state index contributed by atoms with van der Waals surface area (Å²) in [7, 11) is 0. The third-order valence-electron chi connectivity index (χ3n) is 0.972. The van der Waals surface area contributed by atoms with E-state index in [1.807, 2.05) is 0 Å². The molecule has 52 valence electrons. The molecule has 0 aromatic rings. The maximum atomic E-state index is 10.5. The second-order valence-corrected chi connectivity index (χ2v) is 1.72. The van der Waals surface area contributed by atoms with Crippen LogP contribution in [-0.2, 0) is 9.59 Å². The van der Waals surface area contributed by atoms with Gasteiger partial charge in [0, 0.05) is 0 Å². The highest BCUT2D eigenvalue weighted by Gasteiger charge is 2.23. The van der Waals surface area contributed by atoms with Gasteiger partial charge in [-0.15, -0.1) is 0 Å². The Balaban J connectivity index is 2.85. The van der Waals surface area contributed by atoms with Gasteiger partial charge in [-0.1, -0.05) is 5.73 Å². The van der Waals surface area contributed by atoms with Crippen LogP contribution in [0.5, 0.6) is 0 Å². The molecule has 4 nitrogen and oxygen atoms in total. The van der Waals surface area contributed by atoms with E-state index in [0.717, 1.165) is 0 Å². The van der Waals surface area contributed by atoms with E-state index in [4.69, 9.17) is 0 Å². The lowest BCUT2D eigenvalue weighted by molar-refractivity contribution is -0.135. The molecule has 0 radical (unpaired) electrons. The monoisotopic (exact) mass is 138 g/mol.